The molecule has 6 aromatic rings. The number of nitro groups is 2. The minimum atomic E-state index is -0.460. The zero-order valence-corrected chi connectivity index (χ0v) is 35.3. The van der Waals surface area contributed by atoms with Crippen molar-refractivity contribution in [3.8, 4) is 0 Å². The van der Waals surface area contributed by atoms with Crippen LogP contribution in [0, 0.1) is 20.2 Å². The summed E-state index contributed by atoms with van der Waals surface area (Å²) < 4.78 is 0. The molecule has 6 N–H and O–H groups in total. The molecule has 0 atom stereocenters. The third kappa shape index (κ3) is 9.38. The molecule has 10 rings (SSSR count). The molecule has 66 heavy (non-hydrogen) atoms. The van der Waals surface area contributed by atoms with Gasteiger partial charge in [0.2, 0.25) is 0 Å². The van der Waals surface area contributed by atoms with Crippen LogP contribution < -0.4 is 31.9 Å². The number of hydrogen-bond acceptors (Lipinski definition) is 12. The van der Waals surface area contributed by atoms with E-state index < -0.39 is 9.85 Å². The largest absolute Gasteiger partial charge is 0.372 e. The minimum absolute atomic E-state index is 0.0667. The quantitative estimate of drug-likeness (QED) is 0.0394. The van der Waals surface area contributed by atoms with Crippen LogP contribution in [-0.4, -0.2) is 59.5 Å². The van der Waals surface area contributed by atoms with E-state index in [9.17, 15) is 29.8 Å². The number of nitro benzene ring substituents is 2. The predicted molar refractivity (Wildman–Crippen MR) is 258 cm³/mol. The summed E-state index contributed by atoms with van der Waals surface area (Å²) in [6.45, 7) is 3.34. The Morgan fingerprint density at radius 2 is 1.02 bits per heavy atom. The van der Waals surface area contributed by atoms with Gasteiger partial charge in [0.15, 0.2) is 0 Å². The summed E-state index contributed by atoms with van der Waals surface area (Å²) in [7, 11) is 0. The molecular formula is C50H42N10O6. The highest BCUT2D eigenvalue weighted by atomic mass is 16.6. The van der Waals surface area contributed by atoms with Gasteiger partial charge in [-0.15, -0.1) is 0 Å². The first kappa shape index (κ1) is 42.4. The molecule has 0 bridgehead atoms. The van der Waals surface area contributed by atoms with E-state index in [0.717, 1.165) is 77.9 Å². The van der Waals surface area contributed by atoms with E-state index in [4.69, 9.17) is 0 Å². The van der Waals surface area contributed by atoms with Gasteiger partial charge in [0.1, 0.15) is 11.7 Å². The molecule has 0 aromatic heterocycles. The summed E-state index contributed by atoms with van der Waals surface area (Å²) in [6.07, 6.45) is 1.44. The number of fused-ring (bicyclic) bond motifs is 2. The molecule has 0 aliphatic carbocycles. The number of amides is 2. The first-order valence-corrected chi connectivity index (χ1v) is 21.2. The molecule has 4 aliphatic heterocycles. The lowest BCUT2D eigenvalue weighted by Gasteiger charge is -2.15. The summed E-state index contributed by atoms with van der Waals surface area (Å²) in [5.74, 6) is 1.34. The van der Waals surface area contributed by atoms with E-state index in [1.54, 1.807) is 12.1 Å². The van der Waals surface area contributed by atoms with Crippen molar-refractivity contribution < 1.29 is 19.4 Å². The molecule has 6 aromatic carbocycles. The Balaban J connectivity index is 0.000000166. The highest BCUT2D eigenvalue weighted by Crippen LogP contribution is 2.41. The van der Waals surface area contributed by atoms with Crippen molar-refractivity contribution in [1.82, 2.24) is 10.6 Å². The number of nitrogens with zero attached hydrogens (tertiary/aromatic N) is 4. The highest BCUT2D eigenvalue weighted by Gasteiger charge is 2.32. The summed E-state index contributed by atoms with van der Waals surface area (Å²) in [4.78, 5) is 56.6. The van der Waals surface area contributed by atoms with E-state index in [1.165, 1.54) is 24.3 Å². The predicted octanol–water partition coefficient (Wildman–Crippen LogP) is 8.14. The maximum absolute atomic E-state index is 13.0. The Morgan fingerprint density at radius 3 is 1.48 bits per heavy atom. The van der Waals surface area contributed by atoms with Gasteiger partial charge in [0.05, 0.1) is 45.5 Å². The number of hydrogen-bond donors (Lipinski definition) is 6. The number of non-ortho nitro benzene ring substituents is 2. The summed E-state index contributed by atoms with van der Waals surface area (Å²) in [5.41, 5.74) is 9.30. The Kier molecular flexibility index (Phi) is 12.1. The second-order valence-corrected chi connectivity index (χ2v) is 15.6. The van der Waals surface area contributed by atoms with Gasteiger partial charge < -0.3 is 31.9 Å². The van der Waals surface area contributed by atoms with Gasteiger partial charge in [-0.2, -0.15) is 0 Å². The first-order chi connectivity index (χ1) is 32.2. The Labute approximate surface area is 378 Å². The maximum atomic E-state index is 13.0. The Morgan fingerprint density at radius 1 is 0.530 bits per heavy atom. The molecule has 16 nitrogen and oxygen atoms in total. The van der Waals surface area contributed by atoms with Crippen LogP contribution in [0.2, 0.25) is 0 Å². The van der Waals surface area contributed by atoms with Crippen LogP contribution in [0.4, 0.5) is 34.1 Å². The molecule has 328 valence electrons. The number of anilines is 4. The van der Waals surface area contributed by atoms with Gasteiger partial charge in [-0.05, 0) is 58.7 Å². The normalized spacial score (nSPS) is 15.9. The van der Waals surface area contributed by atoms with Gasteiger partial charge in [0.25, 0.3) is 23.2 Å². The molecule has 0 saturated carbocycles. The van der Waals surface area contributed by atoms with Crippen molar-refractivity contribution in [2.24, 2.45) is 9.98 Å². The average molecular weight is 879 g/mol. The molecule has 4 heterocycles. The topological polar surface area (TPSA) is 217 Å². The van der Waals surface area contributed by atoms with Gasteiger partial charge >= 0.3 is 0 Å². The SMILES string of the molecule is O=C1Nc2ccc([N+](=O)[O-])cc2C1=C(Nc1ccc(CC2=NCCN2)cc1)c1ccccc1.O=C1Nc2ccc([N+](=O)[O-])cc2C1=C(Nc1cccc(CC2=NCCN2)c1)c1ccccc1. The molecule has 0 radical (unpaired) electrons. The number of amidine groups is 2. The second kappa shape index (κ2) is 18.8. The minimum Gasteiger partial charge on any atom is -0.372 e. The van der Waals surface area contributed by atoms with Crippen LogP contribution >= 0.6 is 0 Å². The third-order valence-corrected chi connectivity index (χ3v) is 11.2. The molecule has 4 aliphatic rings. The zero-order valence-electron chi connectivity index (χ0n) is 35.3. The lowest BCUT2D eigenvalue weighted by atomic mass is 9.99. The average Bonchev–Trinajstić information content (AvgIpc) is 4.16. The zero-order chi connectivity index (χ0) is 45.6. The molecule has 0 spiro atoms. The van der Waals surface area contributed by atoms with Crippen LogP contribution in [-0.2, 0) is 22.4 Å². The van der Waals surface area contributed by atoms with Gasteiger partial charge in [-0.25, -0.2) is 0 Å². The fourth-order valence-corrected chi connectivity index (χ4v) is 8.07. The standard InChI is InChI=1S/2C25H21N5O3/c31-25-23(20-15-19(30(32)33)9-10-21(20)29-25)24(17-6-2-1-3-7-17)28-18-8-4-5-16(13-18)14-22-26-11-12-27-22;31-25-23(20-15-19(30(32)33)10-11-21(20)29-25)24(17-4-2-1-3-5-17)28-18-8-6-16(7-9-18)14-22-26-12-13-27-22/h1-10,13,15,28H,11-12,14H2,(H,26,27)(H,29,31);1-11,15,28H,12-14H2,(H,26,27)(H,29,31). The number of aliphatic imine (C=N–C) groups is 2. The Bertz CT molecular complexity index is 3020. The van der Waals surface area contributed by atoms with Crippen molar-refractivity contribution in [2.75, 3.05) is 47.4 Å². The van der Waals surface area contributed by atoms with E-state index in [2.05, 4.69) is 41.9 Å². The van der Waals surface area contributed by atoms with Crippen molar-refractivity contribution in [2.45, 2.75) is 12.8 Å². The summed E-state index contributed by atoms with van der Waals surface area (Å²) in [6, 6.07) is 43.6. The van der Waals surface area contributed by atoms with E-state index in [-0.39, 0.29) is 23.2 Å². The molecule has 0 fully saturated rings. The number of carbonyl (C=O) groups excluding carboxylic acids is 2. The fraction of sp³-hybridized carbons (Fsp3) is 0.120. The smallest absolute Gasteiger partial charge is 0.270 e. The lowest BCUT2D eigenvalue weighted by Crippen LogP contribution is -2.20. The Hall–Kier alpha value is -8.92. The second-order valence-electron chi connectivity index (χ2n) is 15.6. The monoisotopic (exact) mass is 878 g/mol. The third-order valence-electron chi connectivity index (χ3n) is 11.2. The lowest BCUT2D eigenvalue weighted by molar-refractivity contribution is -0.385. The summed E-state index contributed by atoms with van der Waals surface area (Å²) in [5, 5.41) is 41.7. The van der Waals surface area contributed by atoms with Gasteiger partial charge in [0, 0.05) is 84.1 Å². The van der Waals surface area contributed by atoms with Crippen LogP contribution in [0.5, 0.6) is 0 Å². The van der Waals surface area contributed by atoms with E-state index >= 15 is 0 Å². The molecule has 2 amide bonds. The fourth-order valence-electron chi connectivity index (χ4n) is 8.07. The highest BCUT2D eigenvalue weighted by molar-refractivity contribution is 6.38. The number of rotatable bonds is 12. The van der Waals surface area contributed by atoms with Gasteiger partial charge in [-0.3, -0.25) is 39.8 Å². The van der Waals surface area contributed by atoms with Crippen molar-refractivity contribution in [3.05, 3.63) is 199 Å². The van der Waals surface area contributed by atoms with Crippen molar-refractivity contribution >= 4 is 80.2 Å². The van der Waals surface area contributed by atoms with Crippen LogP contribution in [0.1, 0.15) is 33.4 Å². The molecular weight excluding hydrogens is 837 g/mol. The van der Waals surface area contributed by atoms with E-state index in [0.29, 0.717) is 51.5 Å². The van der Waals surface area contributed by atoms with E-state index in [1.807, 2.05) is 109 Å². The number of carbonyl (C=O) groups is 2. The van der Waals surface area contributed by atoms with Crippen molar-refractivity contribution in [1.29, 1.82) is 0 Å². The molecule has 16 heteroatoms. The van der Waals surface area contributed by atoms with Crippen LogP contribution in [0.15, 0.2) is 156 Å². The van der Waals surface area contributed by atoms with Crippen LogP contribution in [0.3, 0.4) is 0 Å². The van der Waals surface area contributed by atoms with Crippen molar-refractivity contribution in [3.63, 3.8) is 0 Å². The maximum Gasteiger partial charge on any atom is 0.270 e. The number of benzene rings is 6. The van der Waals surface area contributed by atoms with Crippen LogP contribution in [0.25, 0.3) is 22.5 Å². The first-order valence-electron chi connectivity index (χ1n) is 21.2. The molecule has 0 unspecified atom stereocenters. The number of nitrogens with one attached hydrogen (secondary N) is 6. The molecule has 0 saturated heterocycles. The van der Waals surface area contributed by atoms with Gasteiger partial charge in [-0.1, -0.05) is 84.9 Å². The summed E-state index contributed by atoms with van der Waals surface area (Å²) >= 11 is 0.